The molecule has 0 radical (unpaired) electrons. The van der Waals surface area contributed by atoms with Crippen LogP contribution in [0.1, 0.15) is 17.3 Å². The van der Waals surface area contributed by atoms with Crippen LogP contribution < -0.4 is 10.6 Å². The second-order valence-corrected chi connectivity index (χ2v) is 5.80. The van der Waals surface area contributed by atoms with E-state index in [9.17, 15) is 9.59 Å². The topological polar surface area (TPSA) is 58.2 Å². The van der Waals surface area contributed by atoms with E-state index in [0.29, 0.717) is 11.3 Å². The molecule has 0 saturated carbocycles. The Morgan fingerprint density at radius 3 is 2.24 bits per heavy atom. The summed E-state index contributed by atoms with van der Waals surface area (Å²) in [6.45, 7) is 1.66. The molecule has 5 heteroatoms. The van der Waals surface area contributed by atoms with Crippen molar-refractivity contribution in [3.05, 3.63) is 63.7 Å². The number of rotatable bonds is 4. The highest BCUT2D eigenvalue weighted by Gasteiger charge is 2.16. The quantitative estimate of drug-likeness (QED) is 0.784. The molecule has 2 N–H and O–H groups in total. The predicted octanol–water partition coefficient (Wildman–Crippen LogP) is 3.05. The van der Waals surface area contributed by atoms with Crippen molar-refractivity contribution in [2.75, 3.05) is 5.32 Å². The van der Waals surface area contributed by atoms with E-state index in [1.54, 1.807) is 31.2 Å². The molecule has 1 atom stereocenters. The zero-order valence-electron chi connectivity index (χ0n) is 11.5. The van der Waals surface area contributed by atoms with E-state index in [-0.39, 0.29) is 11.8 Å². The van der Waals surface area contributed by atoms with Gasteiger partial charge in [0.05, 0.1) is 0 Å². The number of halogens is 1. The van der Waals surface area contributed by atoms with Gasteiger partial charge in [0.1, 0.15) is 6.04 Å². The molecular weight excluding hydrogens is 379 g/mol. The van der Waals surface area contributed by atoms with Crippen molar-refractivity contribution in [3.8, 4) is 0 Å². The monoisotopic (exact) mass is 394 g/mol. The van der Waals surface area contributed by atoms with Crippen molar-refractivity contribution >= 4 is 40.1 Å². The largest absolute Gasteiger partial charge is 0.341 e. The predicted molar refractivity (Wildman–Crippen MR) is 91.2 cm³/mol. The maximum atomic E-state index is 12.0. The summed E-state index contributed by atoms with van der Waals surface area (Å²) >= 11 is 2.17. The number of anilines is 1. The van der Waals surface area contributed by atoms with E-state index in [1.807, 2.05) is 30.3 Å². The lowest BCUT2D eigenvalue weighted by atomic mass is 10.2. The van der Waals surface area contributed by atoms with Crippen LogP contribution in [0.5, 0.6) is 0 Å². The molecule has 2 aromatic rings. The minimum Gasteiger partial charge on any atom is -0.341 e. The molecule has 4 nitrogen and oxygen atoms in total. The highest BCUT2D eigenvalue weighted by Crippen LogP contribution is 2.08. The fourth-order valence-corrected chi connectivity index (χ4v) is 2.08. The van der Waals surface area contributed by atoms with Crippen molar-refractivity contribution in [3.63, 3.8) is 0 Å². The van der Waals surface area contributed by atoms with Gasteiger partial charge in [0.15, 0.2) is 0 Å². The van der Waals surface area contributed by atoms with Crippen LogP contribution in [0.4, 0.5) is 5.69 Å². The van der Waals surface area contributed by atoms with Gasteiger partial charge in [-0.2, -0.15) is 0 Å². The van der Waals surface area contributed by atoms with Crippen LogP contribution in [0.2, 0.25) is 0 Å². The zero-order chi connectivity index (χ0) is 15.2. The summed E-state index contributed by atoms with van der Waals surface area (Å²) in [5, 5.41) is 5.43. The summed E-state index contributed by atoms with van der Waals surface area (Å²) in [5.41, 5.74) is 1.24. The Bertz CT molecular complexity index is 626. The van der Waals surface area contributed by atoms with Crippen LogP contribution >= 0.6 is 22.6 Å². The number of carbonyl (C=O) groups is 2. The van der Waals surface area contributed by atoms with Crippen LogP contribution in [0.25, 0.3) is 0 Å². The maximum Gasteiger partial charge on any atom is 0.251 e. The van der Waals surface area contributed by atoms with Gasteiger partial charge in [-0.1, -0.05) is 18.2 Å². The number of hydrogen-bond donors (Lipinski definition) is 2. The molecule has 0 bridgehead atoms. The van der Waals surface area contributed by atoms with Gasteiger partial charge in [-0.05, 0) is 65.9 Å². The lowest BCUT2D eigenvalue weighted by Crippen LogP contribution is -2.41. The van der Waals surface area contributed by atoms with Crippen molar-refractivity contribution in [1.29, 1.82) is 0 Å². The average molecular weight is 394 g/mol. The number of benzene rings is 2. The summed E-state index contributed by atoms with van der Waals surface area (Å²) in [4.78, 5) is 24.0. The third kappa shape index (κ3) is 4.56. The second-order valence-electron chi connectivity index (χ2n) is 4.56. The number of amides is 2. The third-order valence-corrected chi connectivity index (χ3v) is 3.61. The molecule has 2 aromatic carbocycles. The highest BCUT2D eigenvalue weighted by molar-refractivity contribution is 14.1. The summed E-state index contributed by atoms with van der Waals surface area (Å²) < 4.78 is 1.05. The molecule has 0 fully saturated rings. The highest BCUT2D eigenvalue weighted by atomic mass is 127. The van der Waals surface area contributed by atoms with E-state index in [1.165, 1.54) is 0 Å². The van der Waals surface area contributed by atoms with Gasteiger partial charge in [-0.15, -0.1) is 0 Å². The van der Waals surface area contributed by atoms with Crippen LogP contribution in [0.15, 0.2) is 54.6 Å². The van der Waals surface area contributed by atoms with Gasteiger partial charge in [0.2, 0.25) is 5.91 Å². The van der Waals surface area contributed by atoms with Crippen LogP contribution in [0, 0.1) is 3.57 Å². The van der Waals surface area contributed by atoms with Gasteiger partial charge < -0.3 is 10.6 Å². The average Bonchev–Trinajstić information content (AvgIpc) is 2.48. The number of hydrogen-bond acceptors (Lipinski definition) is 2. The zero-order valence-corrected chi connectivity index (χ0v) is 13.6. The van der Waals surface area contributed by atoms with Crippen molar-refractivity contribution in [1.82, 2.24) is 5.32 Å². The van der Waals surface area contributed by atoms with Gasteiger partial charge in [-0.3, -0.25) is 9.59 Å². The SMILES string of the molecule is CC(NC(=O)c1ccc(I)cc1)C(=O)Nc1ccccc1. The van der Waals surface area contributed by atoms with Crippen molar-refractivity contribution in [2.24, 2.45) is 0 Å². The molecular formula is C16H15IN2O2. The lowest BCUT2D eigenvalue weighted by molar-refractivity contribution is -0.117. The smallest absolute Gasteiger partial charge is 0.251 e. The molecule has 21 heavy (non-hydrogen) atoms. The summed E-state index contributed by atoms with van der Waals surface area (Å²) in [7, 11) is 0. The molecule has 0 heterocycles. The van der Waals surface area contributed by atoms with Gasteiger partial charge in [-0.25, -0.2) is 0 Å². The van der Waals surface area contributed by atoms with Gasteiger partial charge in [0.25, 0.3) is 5.91 Å². The first-order valence-electron chi connectivity index (χ1n) is 6.48. The Balaban J connectivity index is 1.94. The second kappa shape index (κ2) is 7.21. The summed E-state index contributed by atoms with van der Waals surface area (Å²) in [5.74, 6) is -0.512. The standard InChI is InChI=1S/C16H15IN2O2/c1-11(15(20)19-14-5-3-2-4-6-14)18-16(21)12-7-9-13(17)10-8-12/h2-11H,1H3,(H,18,21)(H,19,20). The minimum atomic E-state index is -0.614. The number of para-hydroxylation sites is 1. The van der Waals surface area contributed by atoms with Crippen LogP contribution in [-0.2, 0) is 4.79 Å². The van der Waals surface area contributed by atoms with E-state index in [2.05, 4.69) is 33.2 Å². The molecule has 0 aliphatic rings. The molecule has 2 rings (SSSR count). The normalized spacial score (nSPS) is 11.5. The number of carbonyl (C=O) groups excluding carboxylic acids is 2. The van der Waals surface area contributed by atoms with Gasteiger partial charge in [0, 0.05) is 14.8 Å². The fourth-order valence-electron chi connectivity index (χ4n) is 1.72. The molecule has 0 aliphatic heterocycles. The van der Waals surface area contributed by atoms with Crippen LogP contribution in [-0.4, -0.2) is 17.9 Å². The third-order valence-electron chi connectivity index (χ3n) is 2.89. The minimum absolute atomic E-state index is 0.250. The first-order valence-corrected chi connectivity index (χ1v) is 7.56. The van der Waals surface area contributed by atoms with E-state index in [4.69, 9.17) is 0 Å². The first-order chi connectivity index (χ1) is 10.1. The van der Waals surface area contributed by atoms with E-state index >= 15 is 0 Å². The molecule has 0 saturated heterocycles. The van der Waals surface area contributed by atoms with Crippen molar-refractivity contribution in [2.45, 2.75) is 13.0 Å². The van der Waals surface area contributed by atoms with Crippen molar-refractivity contribution < 1.29 is 9.59 Å². The molecule has 0 aromatic heterocycles. The Kier molecular flexibility index (Phi) is 5.32. The summed E-state index contributed by atoms with van der Waals surface area (Å²) in [6.07, 6.45) is 0. The lowest BCUT2D eigenvalue weighted by Gasteiger charge is -2.14. The molecule has 0 spiro atoms. The molecule has 108 valence electrons. The fraction of sp³-hybridized carbons (Fsp3) is 0.125. The molecule has 0 aliphatic carbocycles. The Hall–Kier alpha value is -1.89. The summed E-state index contributed by atoms with van der Waals surface area (Å²) in [6, 6.07) is 15.7. The first kappa shape index (κ1) is 15.5. The van der Waals surface area contributed by atoms with Gasteiger partial charge >= 0.3 is 0 Å². The Morgan fingerprint density at radius 2 is 1.62 bits per heavy atom. The molecule has 1 unspecified atom stereocenters. The van der Waals surface area contributed by atoms with E-state index < -0.39 is 6.04 Å². The Labute approximate surface area is 137 Å². The Morgan fingerprint density at radius 1 is 1.00 bits per heavy atom. The number of nitrogens with one attached hydrogen (secondary N) is 2. The maximum absolute atomic E-state index is 12.0. The van der Waals surface area contributed by atoms with E-state index in [0.717, 1.165) is 3.57 Å². The van der Waals surface area contributed by atoms with Crippen LogP contribution in [0.3, 0.4) is 0 Å². The molecule has 2 amide bonds.